The van der Waals surface area contributed by atoms with Crippen LogP contribution in [0.3, 0.4) is 0 Å². The van der Waals surface area contributed by atoms with Gasteiger partial charge in [0.1, 0.15) is 17.5 Å². The molecule has 1 unspecified atom stereocenters. The number of thiocarbonyl (C=S) groups is 1. The molecule has 0 bridgehead atoms. The maximum absolute atomic E-state index is 13.0. The Labute approximate surface area is 213 Å². The molecule has 0 saturated carbocycles. The first kappa shape index (κ1) is 26.4. The van der Waals surface area contributed by atoms with E-state index in [1.165, 1.54) is 55.4 Å². The number of rotatable bonds is 9. The maximum Gasteiger partial charge on any atom is 0.338 e. The van der Waals surface area contributed by atoms with Gasteiger partial charge in [-0.1, -0.05) is 0 Å². The third-order valence-corrected chi connectivity index (χ3v) is 5.79. The number of carbonyl (C=O) groups excluding carboxylic acids is 4. The molecule has 2 N–H and O–H groups in total. The van der Waals surface area contributed by atoms with Gasteiger partial charge in [-0.25, -0.2) is 9.80 Å². The van der Waals surface area contributed by atoms with Gasteiger partial charge in [0.05, 0.1) is 32.8 Å². The quantitative estimate of drug-likeness (QED) is 0.382. The SMILES string of the molecule is CCOC(=O)c1ccc(NC(=O)CC2C(=O)N(C)C(=S)N2NC(=O)c2cc(OC)cc(OC)c2)cc1. The monoisotopic (exact) mass is 514 g/mol. The lowest BCUT2D eigenvalue weighted by Crippen LogP contribution is -2.49. The minimum Gasteiger partial charge on any atom is -0.497 e. The van der Waals surface area contributed by atoms with E-state index in [1.807, 2.05) is 0 Å². The fraction of sp³-hybridized carbons (Fsp3) is 0.292. The van der Waals surface area contributed by atoms with Crippen LogP contribution in [0.2, 0.25) is 0 Å². The molecule has 2 aromatic carbocycles. The van der Waals surface area contributed by atoms with Crippen molar-refractivity contribution in [2.24, 2.45) is 0 Å². The van der Waals surface area contributed by atoms with Gasteiger partial charge in [0.25, 0.3) is 11.8 Å². The highest BCUT2D eigenvalue weighted by molar-refractivity contribution is 7.80. The molecule has 11 nitrogen and oxygen atoms in total. The number of hydrogen-bond donors (Lipinski definition) is 2. The van der Waals surface area contributed by atoms with Crippen LogP contribution in [0.1, 0.15) is 34.1 Å². The summed E-state index contributed by atoms with van der Waals surface area (Å²) in [5.74, 6) is -1.17. The number of amides is 3. The van der Waals surface area contributed by atoms with Crippen molar-refractivity contribution in [1.82, 2.24) is 15.3 Å². The molecule has 0 aromatic heterocycles. The van der Waals surface area contributed by atoms with Crippen LogP contribution < -0.4 is 20.2 Å². The van der Waals surface area contributed by atoms with Gasteiger partial charge in [-0.2, -0.15) is 0 Å². The zero-order valence-corrected chi connectivity index (χ0v) is 21.0. The van der Waals surface area contributed by atoms with Crippen molar-refractivity contribution in [3.8, 4) is 11.5 Å². The van der Waals surface area contributed by atoms with Crippen molar-refractivity contribution in [2.75, 3.05) is 33.2 Å². The number of esters is 1. The molecule has 3 rings (SSSR count). The van der Waals surface area contributed by atoms with E-state index in [-0.39, 0.29) is 23.7 Å². The Morgan fingerprint density at radius 3 is 2.17 bits per heavy atom. The number of methoxy groups -OCH3 is 2. The van der Waals surface area contributed by atoms with E-state index < -0.39 is 29.7 Å². The summed E-state index contributed by atoms with van der Waals surface area (Å²) in [6, 6.07) is 9.70. The normalized spacial score (nSPS) is 14.9. The number of likely N-dealkylation sites (N-methyl/N-ethyl adjacent to an activating group) is 1. The van der Waals surface area contributed by atoms with Crippen LogP contribution in [0.4, 0.5) is 5.69 Å². The molecule has 0 aliphatic carbocycles. The van der Waals surface area contributed by atoms with Crippen molar-refractivity contribution in [2.45, 2.75) is 19.4 Å². The summed E-state index contributed by atoms with van der Waals surface area (Å²) < 4.78 is 15.3. The Hall–Kier alpha value is -4.19. The van der Waals surface area contributed by atoms with Crippen molar-refractivity contribution >= 4 is 46.7 Å². The van der Waals surface area contributed by atoms with Crippen LogP contribution in [0.5, 0.6) is 11.5 Å². The summed E-state index contributed by atoms with van der Waals surface area (Å²) in [7, 11) is 4.38. The number of hydrogen-bond acceptors (Lipinski definition) is 8. The van der Waals surface area contributed by atoms with Crippen molar-refractivity contribution in [1.29, 1.82) is 0 Å². The van der Waals surface area contributed by atoms with E-state index in [9.17, 15) is 19.2 Å². The maximum atomic E-state index is 13.0. The molecule has 0 radical (unpaired) electrons. The Balaban J connectivity index is 1.72. The average molecular weight is 515 g/mol. The Morgan fingerprint density at radius 2 is 1.61 bits per heavy atom. The number of benzene rings is 2. The second-order valence-corrected chi connectivity index (χ2v) is 8.02. The Morgan fingerprint density at radius 1 is 1.00 bits per heavy atom. The lowest BCUT2D eigenvalue weighted by Gasteiger charge is -2.24. The van der Waals surface area contributed by atoms with E-state index >= 15 is 0 Å². The second kappa shape index (κ2) is 11.5. The predicted molar refractivity (Wildman–Crippen MR) is 134 cm³/mol. The minimum absolute atomic E-state index is 0.0415. The van der Waals surface area contributed by atoms with Crippen LogP contribution in [-0.2, 0) is 14.3 Å². The molecule has 12 heteroatoms. The van der Waals surface area contributed by atoms with Gasteiger partial charge >= 0.3 is 5.97 Å². The third kappa shape index (κ3) is 5.89. The summed E-state index contributed by atoms with van der Waals surface area (Å²) in [5.41, 5.74) is 3.58. The number of hydrazine groups is 1. The number of nitrogens with one attached hydrogen (secondary N) is 2. The van der Waals surface area contributed by atoms with E-state index in [2.05, 4.69) is 10.7 Å². The second-order valence-electron chi connectivity index (χ2n) is 7.66. The van der Waals surface area contributed by atoms with Crippen LogP contribution in [0.15, 0.2) is 42.5 Å². The number of nitrogens with zero attached hydrogens (tertiary/aromatic N) is 2. The molecule has 3 amide bonds. The molecule has 2 aromatic rings. The molecule has 190 valence electrons. The van der Waals surface area contributed by atoms with Gasteiger partial charge in [-0.3, -0.25) is 24.7 Å². The molecule has 1 atom stereocenters. The largest absolute Gasteiger partial charge is 0.497 e. The Kier molecular flexibility index (Phi) is 8.43. The average Bonchev–Trinajstić information content (AvgIpc) is 3.07. The van der Waals surface area contributed by atoms with Crippen LogP contribution in [-0.4, -0.2) is 72.6 Å². The van der Waals surface area contributed by atoms with Gasteiger partial charge in [0.15, 0.2) is 5.11 Å². The lowest BCUT2D eigenvalue weighted by molar-refractivity contribution is -0.130. The molecule has 0 spiro atoms. The van der Waals surface area contributed by atoms with E-state index in [0.29, 0.717) is 22.7 Å². The smallest absolute Gasteiger partial charge is 0.338 e. The Bertz CT molecular complexity index is 1160. The molecule has 36 heavy (non-hydrogen) atoms. The molecule has 1 fully saturated rings. The summed E-state index contributed by atoms with van der Waals surface area (Å²) in [6.45, 7) is 1.96. The summed E-state index contributed by atoms with van der Waals surface area (Å²) in [4.78, 5) is 51.5. The molecular weight excluding hydrogens is 488 g/mol. The minimum atomic E-state index is -1.06. The zero-order valence-electron chi connectivity index (χ0n) is 20.2. The molecular formula is C24H26N4O7S. The van der Waals surface area contributed by atoms with Gasteiger partial charge in [0, 0.05) is 24.4 Å². The van der Waals surface area contributed by atoms with Gasteiger partial charge < -0.3 is 19.5 Å². The fourth-order valence-corrected chi connectivity index (χ4v) is 3.69. The summed E-state index contributed by atoms with van der Waals surface area (Å²) in [5, 5.41) is 3.91. The molecule has 1 aliphatic rings. The first-order valence-corrected chi connectivity index (χ1v) is 11.3. The fourth-order valence-electron chi connectivity index (χ4n) is 3.43. The lowest BCUT2D eigenvalue weighted by atomic mass is 10.1. The van der Waals surface area contributed by atoms with Crippen LogP contribution in [0, 0.1) is 0 Å². The van der Waals surface area contributed by atoms with Gasteiger partial charge in [-0.05, 0) is 55.5 Å². The topological polar surface area (TPSA) is 127 Å². The number of anilines is 1. The highest BCUT2D eigenvalue weighted by Gasteiger charge is 2.42. The standard InChI is InChI=1S/C24H26N4O7S/c1-5-35-23(32)14-6-8-16(9-7-14)25-20(29)13-19-22(31)27(2)24(36)28(19)26-21(30)15-10-17(33-3)12-18(11-15)34-4/h6-12,19H,5,13H2,1-4H3,(H,25,29)(H,26,30). The highest BCUT2D eigenvalue weighted by Crippen LogP contribution is 2.24. The van der Waals surface area contributed by atoms with Gasteiger partial charge in [0.2, 0.25) is 5.91 Å². The summed E-state index contributed by atoms with van der Waals surface area (Å²) in [6.07, 6.45) is -0.287. The van der Waals surface area contributed by atoms with Crippen molar-refractivity contribution in [3.63, 3.8) is 0 Å². The van der Waals surface area contributed by atoms with E-state index in [4.69, 9.17) is 26.4 Å². The first-order valence-electron chi connectivity index (χ1n) is 10.9. The van der Waals surface area contributed by atoms with E-state index in [1.54, 1.807) is 25.1 Å². The predicted octanol–water partition coefficient (Wildman–Crippen LogP) is 1.98. The zero-order chi connectivity index (χ0) is 26.4. The highest BCUT2D eigenvalue weighted by atomic mass is 32.1. The number of carbonyl (C=O) groups is 4. The van der Waals surface area contributed by atoms with E-state index in [0.717, 1.165) is 0 Å². The number of ether oxygens (including phenoxy) is 3. The molecule has 1 saturated heterocycles. The van der Waals surface area contributed by atoms with Crippen molar-refractivity contribution in [3.05, 3.63) is 53.6 Å². The third-order valence-electron chi connectivity index (χ3n) is 5.31. The summed E-state index contributed by atoms with van der Waals surface area (Å²) >= 11 is 5.32. The molecule has 1 aliphatic heterocycles. The molecule has 1 heterocycles. The first-order chi connectivity index (χ1) is 17.2. The van der Waals surface area contributed by atoms with Crippen LogP contribution >= 0.6 is 12.2 Å². The van der Waals surface area contributed by atoms with Crippen molar-refractivity contribution < 1.29 is 33.4 Å². The van der Waals surface area contributed by atoms with Crippen LogP contribution in [0.25, 0.3) is 0 Å². The van der Waals surface area contributed by atoms with Gasteiger partial charge in [-0.15, -0.1) is 0 Å².